The molecule has 17 heavy (non-hydrogen) atoms. The van der Waals surface area contributed by atoms with Crippen LogP contribution in [0.25, 0.3) is 0 Å². The van der Waals surface area contributed by atoms with Gasteiger partial charge in [0.1, 0.15) is 5.82 Å². The van der Waals surface area contributed by atoms with Gasteiger partial charge in [-0.05, 0) is 19.2 Å². The van der Waals surface area contributed by atoms with Crippen molar-refractivity contribution in [2.75, 3.05) is 24.7 Å². The summed E-state index contributed by atoms with van der Waals surface area (Å²) in [5.41, 5.74) is -0.0912. The Labute approximate surface area is 98.9 Å². The van der Waals surface area contributed by atoms with Crippen molar-refractivity contribution in [1.29, 1.82) is 0 Å². The number of hydrogen-bond acceptors (Lipinski definition) is 5. The second-order valence-corrected chi connectivity index (χ2v) is 5.21. The van der Waals surface area contributed by atoms with E-state index in [1.807, 2.05) is 0 Å². The van der Waals surface area contributed by atoms with E-state index >= 15 is 0 Å². The highest BCUT2D eigenvalue weighted by Gasteiger charge is 2.07. The Hall–Kier alpha value is -1.67. The highest BCUT2D eigenvalue weighted by Crippen LogP contribution is 2.04. The fourth-order valence-electron chi connectivity index (χ4n) is 1.07. The number of rotatable bonds is 6. The van der Waals surface area contributed by atoms with Crippen molar-refractivity contribution in [2.24, 2.45) is 0 Å². The minimum Gasteiger partial charge on any atom is -0.477 e. The number of carboxylic acids is 1. The first kappa shape index (κ1) is 13.4. The van der Waals surface area contributed by atoms with Gasteiger partial charge in [-0.15, -0.1) is 0 Å². The lowest BCUT2D eigenvalue weighted by molar-refractivity contribution is 0.0690. The molecule has 0 amide bonds. The van der Waals surface area contributed by atoms with Crippen molar-refractivity contribution in [3.8, 4) is 0 Å². The molecule has 1 aromatic heterocycles. The Morgan fingerprint density at radius 3 is 2.76 bits per heavy atom. The molecule has 0 aliphatic rings. The van der Waals surface area contributed by atoms with Crippen LogP contribution < -0.4 is 10.0 Å². The monoisotopic (exact) mass is 259 g/mol. The predicted octanol–water partition coefficient (Wildman–Crippen LogP) is -0.259. The molecule has 0 aliphatic carbocycles. The van der Waals surface area contributed by atoms with Crippen LogP contribution in [0.1, 0.15) is 10.5 Å². The molecular weight excluding hydrogens is 246 g/mol. The minimum absolute atomic E-state index is 0.0912. The third-order valence-corrected chi connectivity index (χ3v) is 3.32. The average Bonchev–Trinajstić information content (AvgIpc) is 2.29. The van der Waals surface area contributed by atoms with E-state index in [1.54, 1.807) is 6.07 Å². The van der Waals surface area contributed by atoms with E-state index < -0.39 is 16.0 Å². The molecule has 1 heterocycles. The molecule has 0 aromatic carbocycles. The third-order valence-electron chi connectivity index (χ3n) is 1.96. The van der Waals surface area contributed by atoms with Gasteiger partial charge in [0.05, 0.1) is 5.75 Å². The Balaban J connectivity index is 2.58. The van der Waals surface area contributed by atoms with Crippen molar-refractivity contribution in [3.63, 3.8) is 0 Å². The Kier molecular flexibility index (Phi) is 4.41. The van der Waals surface area contributed by atoms with Crippen LogP contribution in [-0.4, -0.2) is 43.8 Å². The zero-order valence-corrected chi connectivity index (χ0v) is 9.99. The average molecular weight is 259 g/mol. The van der Waals surface area contributed by atoms with E-state index in [0.717, 1.165) is 0 Å². The fraction of sp³-hybridized carbons (Fsp3) is 0.333. The van der Waals surface area contributed by atoms with Crippen LogP contribution in [0.15, 0.2) is 18.2 Å². The normalized spacial score (nSPS) is 11.1. The molecule has 0 saturated heterocycles. The molecule has 0 bridgehead atoms. The Morgan fingerprint density at radius 1 is 1.47 bits per heavy atom. The second kappa shape index (κ2) is 5.60. The van der Waals surface area contributed by atoms with Crippen LogP contribution >= 0.6 is 0 Å². The van der Waals surface area contributed by atoms with Crippen molar-refractivity contribution < 1.29 is 18.3 Å². The molecule has 3 N–H and O–H groups in total. The van der Waals surface area contributed by atoms with Gasteiger partial charge in [-0.25, -0.2) is 22.9 Å². The van der Waals surface area contributed by atoms with Gasteiger partial charge in [-0.1, -0.05) is 6.07 Å². The summed E-state index contributed by atoms with van der Waals surface area (Å²) in [5, 5.41) is 11.4. The van der Waals surface area contributed by atoms with Crippen LogP contribution in [0, 0.1) is 0 Å². The number of nitrogens with zero attached hydrogens (tertiary/aromatic N) is 1. The van der Waals surface area contributed by atoms with E-state index in [9.17, 15) is 13.2 Å². The van der Waals surface area contributed by atoms with E-state index in [-0.39, 0.29) is 18.0 Å². The number of carbonyl (C=O) groups is 1. The molecule has 1 aromatic rings. The van der Waals surface area contributed by atoms with Gasteiger partial charge in [0.25, 0.3) is 0 Å². The van der Waals surface area contributed by atoms with Gasteiger partial charge in [0, 0.05) is 6.54 Å². The quantitative estimate of drug-likeness (QED) is 0.649. The molecule has 7 nitrogen and oxygen atoms in total. The highest BCUT2D eigenvalue weighted by molar-refractivity contribution is 7.89. The van der Waals surface area contributed by atoms with Gasteiger partial charge in [0.15, 0.2) is 5.69 Å². The summed E-state index contributed by atoms with van der Waals surface area (Å²) in [7, 11) is -1.94. The molecular formula is C9H13N3O4S. The maximum absolute atomic E-state index is 11.1. The summed E-state index contributed by atoms with van der Waals surface area (Å²) >= 11 is 0. The molecule has 0 atom stereocenters. The predicted molar refractivity (Wildman–Crippen MR) is 62.5 cm³/mol. The maximum Gasteiger partial charge on any atom is 0.354 e. The highest BCUT2D eigenvalue weighted by atomic mass is 32.2. The lowest BCUT2D eigenvalue weighted by Gasteiger charge is -2.06. The van der Waals surface area contributed by atoms with E-state index in [2.05, 4.69) is 15.0 Å². The van der Waals surface area contributed by atoms with Crippen molar-refractivity contribution in [2.45, 2.75) is 0 Å². The third kappa shape index (κ3) is 4.37. The van der Waals surface area contributed by atoms with Crippen LogP contribution in [0.5, 0.6) is 0 Å². The van der Waals surface area contributed by atoms with Crippen LogP contribution in [0.2, 0.25) is 0 Å². The van der Waals surface area contributed by atoms with Gasteiger partial charge in [-0.2, -0.15) is 0 Å². The van der Waals surface area contributed by atoms with Gasteiger partial charge < -0.3 is 10.4 Å². The Morgan fingerprint density at radius 2 is 2.18 bits per heavy atom. The smallest absolute Gasteiger partial charge is 0.354 e. The standard InChI is InChI=1S/C9H13N3O4S/c1-10-17(15,16)6-5-11-8-4-2-3-7(12-8)9(13)14/h2-4,10H,5-6H2,1H3,(H,11,12)(H,13,14). The number of anilines is 1. The molecule has 0 aliphatic heterocycles. The summed E-state index contributed by atoms with van der Waals surface area (Å²) < 4.78 is 24.4. The topological polar surface area (TPSA) is 108 Å². The number of aromatic carboxylic acids is 1. The zero-order valence-electron chi connectivity index (χ0n) is 9.17. The second-order valence-electron chi connectivity index (χ2n) is 3.16. The maximum atomic E-state index is 11.1. The van der Waals surface area contributed by atoms with E-state index in [0.29, 0.717) is 5.82 Å². The van der Waals surface area contributed by atoms with Crippen molar-refractivity contribution in [1.82, 2.24) is 9.71 Å². The number of hydrogen-bond donors (Lipinski definition) is 3. The molecule has 8 heteroatoms. The lowest BCUT2D eigenvalue weighted by atomic mass is 10.3. The van der Waals surface area contributed by atoms with Crippen molar-refractivity contribution >= 4 is 21.8 Å². The molecule has 0 fully saturated rings. The molecule has 0 unspecified atom stereocenters. The van der Waals surface area contributed by atoms with Crippen LogP contribution in [0.3, 0.4) is 0 Å². The minimum atomic E-state index is -3.27. The molecule has 0 spiro atoms. The van der Waals surface area contributed by atoms with Crippen molar-refractivity contribution in [3.05, 3.63) is 23.9 Å². The number of carboxylic acid groups (broad SMARTS) is 1. The number of pyridine rings is 1. The summed E-state index contributed by atoms with van der Waals surface area (Å²) in [6, 6.07) is 4.46. The lowest BCUT2D eigenvalue weighted by Crippen LogP contribution is -2.26. The Bertz CT molecular complexity index is 501. The van der Waals surface area contributed by atoms with E-state index in [1.165, 1.54) is 19.2 Å². The van der Waals surface area contributed by atoms with Gasteiger partial charge in [-0.3, -0.25) is 0 Å². The summed E-state index contributed by atoms with van der Waals surface area (Å²) in [6.07, 6.45) is 0. The number of aromatic nitrogens is 1. The molecule has 1 rings (SSSR count). The molecule has 0 radical (unpaired) electrons. The zero-order chi connectivity index (χ0) is 12.9. The van der Waals surface area contributed by atoms with Crippen LogP contribution in [-0.2, 0) is 10.0 Å². The van der Waals surface area contributed by atoms with Gasteiger partial charge in [0.2, 0.25) is 10.0 Å². The molecule has 94 valence electrons. The molecule has 0 saturated carbocycles. The van der Waals surface area contributed by atoms with Crippen LogP contribution in [0.4, 0.5) is 5.82 Å². The first-order valence-electron chi connectivity index (χ1n) is 4.80. The van der Waals surface area contributed by atoms with E-state index in [4.69, 9.17) is 5.11 Å². The number of nitrogens with one attached hydrogen (secondary N) is 2. The SMILES string of the molecule is CNS(=O)(=O)CCNc1cccc(C(=O)O)n1. The summed E-state index contributed by atoms with van der Waals surface area (Å²) in [6.45, 7) is 0.152. The summed E-state index contributed by atoms with van der Waals surface area (Å²) in [4.78, 5) is 14.4. The summed E-state index contributed by atoms with van der Waals surface area (Å²) in [5.74, 6) is -0.907. The first-order valence-corrected chi connectivity index (χ1v) is 6.45. The number of sulfonamides is 1. The fourth-order valence-corrected chi connectivity index (χ4v) is 1.64. The first-order chi connectivity index (χ1) is 7.94. The van der Waals surface area contributed by atoms with Gasteiger partial charge >= 0.3 is 5.97 Å². The largest absolute Gasteiger partial charge is 0.477 e.